The highest BCUT2D eigenvalue weighted by molar-refractivity contribution is 5.94. The second kappa shape index (κ2) is 7.50. The molecule has 28 heavy (non-hydrogen) atoms. The minimum absolute atomic E-state index is 0.0310. The summed E-state index contributed by atoms with van der Waals surface area (Å²) < 4.78 is 6.64. The fraction of sp³-hybridized carbons (Fsp3) is 0.381. The molecule has 0 aliphatic carbocycles. The quantitative estimate of drug-likeness (QED) is 0.755. The lowest BCUT2D eigenvalue weighted by Crippen LogP contribution is -2.38. The Morgan fingerprint density at radius 2 is 1.96 bits per heavy atom. The van der Waals surface area contributed by atoms with E-state index in [9.17, 15) is 9.59 Å². The van der Waals surface area contributed by atoms with E-state index in [1.54, 1.807) is 37.4 Å². The predicted octanol–water partition coefficient (Wildman–Crippen LogP) is 2.61. The van der Waals surface area contributed by atoms with Crippen LogP contribution in [0.5, 0.6) is 5.75 Å². The van der Waals surface area contributed by atoms with Gasteiger partial charge in [0.2, 0.25) is 0 Å². The first-order chi connectivity index (χ1) is 13.6. The van der Waals surface area contributed by atoms with E-state index in [0.29, 0.717) is 24.3 Å². The summed E-state index contributed by atoms with van der Waals surface area (Å²) in [7, 11) is 1.61. The number of ether oxygens (including phenoxy) is 1. The van der Waals surface area contributed by atoms with Gasteiger partial charge in [-0.05, 0) is 43.5 Å². The summed E-state index contributed by atoms with van der Waals surface area (Å²) in [4.78, 5) is 31.8. The molecule has 1 aliphatic heterocycles. The molecule has 1 N–H and O–H groups in total. The Kier molecular flexibility index (Phi) is 4.90. The Morgan fingerprint density at radius 3 is 2.61 bits per heavy atom. The Bertz CT molecular complexity index is 1040. The van der Waals surface area contributed by atoms with Crippen LogP contribution in [0.4, 0.5) is 0 Å². The number of methoxy groups -OCH3 is 1. The molecule has 1 aliphatic rings. The number of benzene rings is 1. The van der Waals surface area contributed by atoms with Crippen molar-refractivity contribution in [2.45, 2.75) is 32.1 Å². The van der Waals surface area contributed by atoms with Gasteiger partial charge in [-0.3, -0.25) is 14.7 Å². The molecule has 1 saturated heterocycles. The number of carbonyl (C=O) groups is 1. The van der Waals surface area contributed by atoms with E-state index in [2.05, 4.69) is 5.10 Å². The number of fused-ring (bicyclic) bond motifs is 1. The van der Waals surface area contributed by atoms with Crippen LogP contribution in [0.1, 0.15) is 47.3 Å². The van der Waals surface area contributed by atoms with Gasteiger partial charge in [0.1, 0.15) is 5.75 Å². The molecular weight excluding hydrogens is 356 g/mol. The Balaban J connectivity index is 1.48. The molecule has 1 aromatic carbocycles. The van der Waals surface area contributed by atoms with Gasteiger partial charge in [0, 0.05) is 42.4 Å². The van der Waals surface area contributed by atoms with Gasteiger partial charge < -0.3 is 9.64 Å². The maximum atomic E-state index is 12.7. The van der Waals surface area contributed by atoms with E-state index in [-0.39, 0.29) is 17.4 Å². The monoisotopic (exact) mass is 380 g/mol. The van der Waals surface area contributed by atoms with Crippen LogP contribution < -0.4 is 10.3 Å². The van der Waals surface area contributed by atoms with Gasteiger partial charge in [0.25, 0.3) is 11.5 Å². The van der Waals surface area contributed by atoms with Gasteiger partial charge in [-0.25, -0.2) is 9.50 Å². The van der Waals surface area contributed by atoms with Gasteiger partial charge in [0.05, 0.1) is 12.8 Å². The van der Waals surface area contributed by atoms with Crippen molar-refractivity contribution in [3.8, 4) is 5.75 Å². The van der Waals surface area contributed by atoms with Crippen molar-refractivity contribution in [3.05, 3.63) is 63.7 Å². The third-order valence-corrected chi connectivity index (χ3v) is 5.51. The predicted molar refractivity (Wildman–Crippen MR) is 106 cm³/mol. The first-order valence-corrected chi connectivity index (χ1v) is 9.64. The summed E-state index contributed by atoms with van der Waals surface area (Å²) in [6.45, 7) is 3.36. The Morgan fingerprint density at radius 1 is 1.25 bits per heavy atom. The van der Waals surface area contributed by atoms with Crippen LogP contribution >= 0.6 is 0 Å². The summed E-state index contributed by atoms with van der Waals surface area (Å²) >= 11 is 0. The number of aromatic nitrogens is 3. The highest BCUT2D eigenvalue weighted by Gasteiger charge is 2.26. The normalized spacial score (nSPS) is 15.1. The van der Waals surface area contributed by atoms with E-state index in [1.807, 2.05) is 18.0 Å². The van der Waals surface area contributed by atoms with E-state index >= 15 is 0 Å². The summed E-state index contributed by atoms with van der Waals surface area (Å²) in [5.74, 6) is 0.958. The van der Waals surface area contributed by atoms with Crippen LogP contribution in [0, 0.1) is 0 Å². The number of hydrogen-bond acceptors (Lipinski definition) is 4. The number of piperidine rings is 1. The van der Waals surface area contributed by atoms with E-state index < -0.39 is 0 Å². The number of H-pyrrole nitrogens is 1. The van der Waals surface area contributed by atoms with Crippen molar-refractivity contribution in [3.63, 3.8) is 0 Å². The Labute approximate surface area is 162 Å². The minimum atomic E-state index is -0.0866. The minimum Gasteiger partial charge on any atom is -0.497 e. The second-order valence-electron chi connectivity index (χ2n) is 7.13. The number of aryl methyl sites for hydroxylation is 1. The number of rotatable bonds is 4. The molecule has 0 unspecified atom stereocenters. The first kappa shape index (κ1) is 18.3. The number of nitrogens with one attached hydrogen (secondary N) is 1. The topological polar surface area (TPSA) is 79.7 Å². The van der Waals surface area contributed by atoms with Gasteiger partial charge in [-0.15, -0.1) is 0 Å². The lowest BCUT2D eigenvalue weighted by atomic mass is 9.93. The summed E-state index contributed by atoms with van der Waals surface area (Å²) in [6.07, 6.45) is 4.26. The van der Waals surface area contributed by atoms with Crippen molar-refractivity contribution in [1.82, 2.24) is 19.5 Å². The third kappa shape index (κ3) is 3.28. The lowest BCUT2D eigenvalue weighted by molar-refractivity contribution is 0.0712. The highest BCUT2D eigenvalue weighted by Crippen LogP contribution is 2.27. The molecule has 4 rings (SSSR count). The van der Waals surface area contributed by atoms with Gasteiger partial charge in [-0.2, -0.15) is 0 Å². The molecule has 1 fully saturated rings. The Hall–Kier alpha value is -3.09. The zero-order valence-electron chi connectivity index (χ0n) is 16.1. The summed E-state index contributed by atoms with van der Waals surface area (Å²) in [6, 6.07) is 8.81. The number of carbonyl (C=O) groups excluding carboxylic acids is 1. The maximum absolute atomic E-state index is 12.7. The molecule has 0 spiro atoms. The zero-order valence-corrected chi connectivity index (χ0v) is 16.1. The van der Waals surface area contributed by atoms with Crippen LogP contribution in [0.25, 0.3) is 5.65 Å². The number of likely N-dealkylation sites (tertiary alicyclic amines) is 1. The van der Waals surface area contributed by atoms with Crippen LogP contribution in [0.3, 0.4) is 0 Å². The van der Waals surface area contributed by atoms with Gasteiger partial charge >= 0.3 is 0 Å². The zero-order chi connectivity index (χ0) is 19.7. The molecule has 2 aromatic heterocycles. The molecule has 0 atom stereocenters. The highest BCUT2D eigenvalue weighted by atomic mass is 16.5. The molecular formula is C21H24N4O3. The summed E-state index contributed by atoms with van der Waals surface area (Å²) in [5, 5.41) is 2.97. The van der Waals surface area contributed by atoms with Crippen molar-refractivity contribution in [2.75, 3.05) is 20.2 Å². The number of aromatic amines is 1. The molecule has 7 nitrogen and oxygen atoms in total. The molecule has 0 saturated carbocycles. The average Bonchev–Trinajstić information content (AvgIpc) is 3.17. The van der Waals surface area contributed by atoms with Crippen molar-refractivity contribution < 1.29 is 9.53 Å². The fourth-order valence-corrected chi connectivity index (χ4v) is 3.81. The van der Waals surface area contributed by atoms with Gasteiger partial charge in [0.15, 0.2) is 5.65 Å². The van der Waals surface area contributed by atoms with Crippen LogP contribution in [-0.2, 0) is 6.42 Å². The van der Waals surface area contributed by atoms with Gasteiger partial charge in [-0.1, -0.05) is 6.92 Å². The van der Waals surface area contributed by atoms with Crippen molar-refractivity contribution >= 4 is 11.6 Å². The molecule has 0 bridgehead atoms. The van der Waals surface area contributed by atoms with Crippen LogP contribution in [-0.4, -0.2) is 45.6 Å². The lowest BCUT2D eigenvalue weighted by Gasteiger charge is -2.31. The standard InChI is InChI=1S/C21H24N4O3/c1-3-14-13-22-25-19(26)12-18(23-20(14)25)15-8-10-24(11-9-15)21(27)16-4-6-17(28-2)7-5-16/h4-7,12-13,15,22H,3,8-11H2,1-2H3. The summed E-state index contributed by atoms with van der Waals surface area (Å²) in [5.41, 5.74) is 3.15. The third-order valence-electron chi connectivity index (χ3n) is 5.51. The fourth-order valence-electron chi connectivity index (χ4n) is 3.81. The van der Waals surface area contributed by atoms with E-state index in [1.165, 1.54) is 4.52 Å². The number of nitrogens with zero attached hydrogens (tertiary/aromatic N) is 3. The molecule has 7 heteroatoms. The van der Waals surface area contributed by atoms with Crippen LogP contribution in [0.2, 0.25) is 0 Å². The first-order valence-electron chi connectivity index (χ1n) is 9.64. The number of amides is 1. The molecule has 1 amide bonds. The molecule has 146 valence electrons. The maximum Gasteiger partial charge on any atom is 0.272 e. The van der Waals surface area contributed by atoms with E-state index in [0.717, 1.165) is 36.3 Å². The average molecular weight is 380 g/mol. The molecule has 3 aromatic rings. The van der Waals surface area contributed by atoms with Crippen LogP contribution in [0.15, 0.2) is 41.3 Å². The van der Waals surface area contributed by atoms with Crippen molar-refractivity contribution in [2.24, 2.45) is 0 Å². The smallest absolute Gasteiger partial charge is 0.272 e. The largest absolute Gasteiger partial charge is 0.497 e. The molecule has 3 heterocycles. The second-order valence-corrected chi connectivity index (χ2v) is 7.13. The SMILES string of the molecule is CCc1c[nH]n2c(=O)cc(C3CCN(C(=O)c4ccc(OC)cc4)CC3)nc12. The van der Waals surface area contributed by atoms with Crippen molar-refractivity contribution in [1.29, 1.82) is 0 Å². The molecule has 0 radical (unpaired) electrons. The number of hydrogen-bond donors (Lipinski definition) is 1. The van der Waals surface area contributed by atoms with E-state index in [4.69, 9.17) is 9.72 Å².